The number of pyridine rings is 7. The first-order chi connectivity index (χ1) is 71.3. The Labute approximate surface area is 842 Å². The third-order valence-corrected chi connectivity index (χ3v) is 28.7. The van der Waals surface area contributed by atoms with E-state index in [-0.39, 0.29) is 23.6 Å². The number of carbonyl (C=O) groups is 4. The van der Waals surface area contributed by atoms with E-state index in [1.807, 2.05) is 165 Å². The lowest BCUT2D eigenvalue weighted by atomic mass is 10.0. The molecule has 19 heterocycles. The van der Waals surface area contributed by atoms with Gasteiger partial charge in [0.2, 0.25) is 0 Å². The quantitative estimate of drug-likeness (QED) is 0.0263. The number of piperidine rings is 1. The van der Waals surface area contributed by atoms with Gasteiger partial charge in [0.1, 0.15) is 17.5 Å². The van der Waals surface area contributed by atoms with Gasteiger partial charge in [0.25, 0.3) is 23.6 Å². The number of morpholine rings is 1. The van der Waals surface area contributed by atoms with Gasteiger partial charge in [0, 0.05) is 197 Å². The second-order valence-electron chi connectivity index (χ2n) is 39.2. The molecular formula is C112H124N28O5. The molecule has 33 nitrogen and oxygen atoms in total. The molecule has 0 radical (unpaired) electrons. The topological polar surface area (TPSA) is 360 Å². The summed E-state index contributed by atoms with van der Waals surface area (Å²) in [5, 5.41) is 44.3. The third kappa shape index (κ3) is 24.1. The normalized spacial score (nSPS) is 16.7. The first-order valence-corrected chi connectivity index (χ1v) is 51.3. The SMILES string of the molecule is CN1CCN(Cc2cccc(NC(=O)c3n[nH]c4ccc(-c5cncc(CN6CCCC6)c5)cc34)c2)CC1.O=C(Nc1ccc(N2CCCC2)nc1)c1n[nH]c2ccc(-c3cncc(CN4CCCC4)c3)cc12.O=C(Nc1ccc(N2CCCCC2)nc1)c1n[nH]c2ccc(-c3cncc(CN4CCCC4)c3)cc12.O=C(Nc1ccc(N2CCOCC2)nc1)c1n[nH]c2ccc(-c3cncc(CN4CCCC4)c3)cc12. The molecule has 8 aliphatic heterocycles. The highest BCUT2D eigenvalue weighted by atomic mass is 16.5. The van der Waals surface area contributed by atoms with Gasteiger partial charge in [0.15, 0.2) is 22.8 Å². The van der Waals surface area contributed by atoms with Crippen LogP contribution < -0.4 is 36.0 Å². The first kappa shape index (κ1) is 96.2. The lowest BCUT2D eigenvalue weighted by Gasteiger charge is -2.32. The molecular weight excluding hydrogens is 1820 g/mol. The van der Waals surface area contributed by atoms with Crippen molar-refractivity contribution in [2.75, 3.05) is 174 Å². The predicted molar refractivity (Wildman–Crippen MR) is 570 cm³/mol. The number of fused-ring (bicyclic) bond motifs is 4. The van der Waals surface area contributed by atoms with Crippen molar-refractivity contribution < 1.29 is 23.9 Å². The largest absolute Gasteiger partial charge is 0.378 e. The molecule has 8 N–H and O–H groups in total. The zero-order valence-corrected chi connectivity index (χ0v) is 82.2. The summed E-state index contributed by atoms with van der Waals surface area (Å²) in [7, 11) is 2.17. The van der Waals surface area contributed by atoms with Crippen LogP contribution in [0.5, 0.6) is 0 Å². The predicted octanol–water partition coefficient (Wildman–Crippen LogP) is 17.3. The molecule has 0 spiro atoms. The van der Waals surface area contributed by atoms with Crippen molar-refractivity contribution in [3.05, 3.63) is 276 Å². The van der Waals surface area contributed by atoms with Crippen molar-refractivity contribution >= 4 is 107 Å². The fourth-order valence-corrected chi connectivity index (χ4v) is 20.8. The summed E-state index contributed by atoms with van der Waals surface area (Å²) < 4.78 is 5.40. The zero-order chi connectivity index (χ0) is 98.2. The average Bonchev–Trinajstić information content (AvgIpc) is 1.67. The fraction of sp³-hybridized carbons (Fsp3) is 0.348. The van der Waals surface area contributed by atoms with Crippen LogP contribution >= 0.6 is 0 Å². The molecule has 16 aromatic rings. The van der Waals surface area contributed by atoms with E-state index in [0.717, 1.165) is 262 Å². The molecule has 4 amide bonds. The molecule has 8 aliphatic rings. The fourth-order valence-electron chi connectivity index (χ4n) is 20.8. The summed E-state index contributed by atoms with van der Waals surface area (Å²) in [6.07, 6.45) is 36.7. The summed E-state index contributed by atoms with van der Waals surface area (Å²) in [6.45, 7) is 25.3. The number of amides is 4. The lowest BCUT2D eigenvalue weighted by molar-refractivity contribution is 0.101. The second-order valence-corrected chi connectivity index (χ2v) is 39.2. The molecule has 0 unspecified atom stereocenters. The van der Waals surface area contributed by atoms with Crippen molar-refractivity contribution in [3.63, 3.8) is 0 Å². The van der Waals surface area contributed by atoms with Gasteiger partial charge < -0.3 is 45.6 Å². The van der Waals surface area contributed by atoms with Crippen LogP contribution in [0.25, 0.3) is 88.1 Å². The maximum absolute atomic E-state index is 13.3. The number of hydrogen-bond acceptors (Lipinski definition) is 25. The van der Waals surface area contributed by atoms with Gasteiger partial charge in [-0.2, -0.15) is 20.4 Å². The Hall–Kier alpha value is -15.0. The van der Waals surface area contributed by atoms with Crippen LogP contribution in [0.3, 0.4) is 0 Å². The van der Waals surface area contributed by atoms with Crippen LogP contribution in [0.4, 0.5) is 40.2 Å². The Bertz CT molecular complexity index is 6950. The number of benzene rings is 5. The maximum atomic E-state index is 13.3. The molecule has 145 heavy (non-hydrogen) atoms. The number of rotatable bonds is 25. The van der Waals surface area contributed by atoms with Gasteiger partial charge in [-0.15, -0.1) is 0 Å². The summed E-state index contributed by atoms with van der Waals surface area (Å²) >= 11 is 0. The summed E-state index contributed by atoms with van der Waals surface area (Å²) in [6, 6.07) is 52.6. The summed E-state index contributed by atoms with van der Waals surface area (Å²) in [4.78, 5) is 106. The number of likely N-dealkylation sites (N-methyl/N-ethyl adjacent to an activating group) is 1. The molecule has 0 bridgehead atoms. The van der Waals surface area contributed by atoms with E-state index >= 15 is 0 Å². The Balaban J connectivity index is 0.000000114. The van der Waals surface area contributed by atoms with Crippen molar-refractivity contribution in [2.24, 2.45) is 0 Å². The molecule has 8 saturated heterocycles. The molecule has 24 rings (SSSR count). The van der Waals surface area contributed by atoms with Gasteiger partial charge in [-0.05, 0) is 314 Å². The van der Waals surface area contributed by atoms with E-state index in [0.29, 0.717) is 53.1 Å². The standard InChI is InChI=1S/C30H35N7O.C28H31N7O.C27H29N7O2.C27H29N7O/c1-35-11-13-37(14-12-35)20-22-5-4-6-26(16-22)32-30(38)29-27-17-24(7-8-28(27)33-34-29)25-15-23(18-31-19-25)21-36-9-2-3-10-36;36-28(31-23-7-9-26(30-18-23)35-12-2-1-3-13-35)27-24-15-21(6-8-25(24)32-33-27)22-14-20(16-29-17-22)19-34-10-4-5-11-34;35-27(30-22-4-6-25(29-17-22)34-9-11-36-12-10-34)26-23-14-20(3-5-24(23)31-32-26)21-13-19(15-28-16-21)18-33-7-1-2-8-33;35-27(30-22-6-8-25(29-17-22)34-11-3-4-12-34)26-23-14-20(5-7-24(23)31-32-26)21-13-19(15-28-16-21)18-33-9-1-2-10-33/h4-8,15-19H,2-3,9-14,20-21H2,1H3,(H,32,38)(H,33,34);6-9,14-18H,1-5,10-13,19H2,(H,31,36)(H,32,33);3-6,13-17H,1-2,7-12,18H2,(H,30,35)(H,31,32);5-8,13-17H,1-4,9-12,18H2,(H,30,35)(H,31,32). The minimum Gasteiger partial charge on any atom is -0.378 e. The number of aromatic nitrogens is 15. The van der Waals surface area contributed by atoms with Crippen LogP contribution in [0.2, 0.25) is 0 Å². The Kier molecular flexibility index (Phi) is 30.3. The van der Waals surface area contributed by atoms with Gasteiger partial charge >= 0.3 is 0 Å². The van der Waals surface area contributed by atoms with Gasteiger partial charge in [-0.3, -0.25) is 84.0 Å². The van der Waals surface area contributed by atoms with Crippen LogP contribution in [0, 0.1) is 0 Å². The number of carbonyl (C=O) groups excluding carboxylic acids is 4. The Morgan fingerprint density at radius 1 is 0.269 bits per heavy atom. The van der Waals surface area contributed by atoms with E-state index in [4.69, 9.17) is 4.74 Å². The summed E-state index contributed by atoms with van der Waals surface area (Å²) in [5.74, 6) is 1.79. The lowest BCUT2D eigenvalue weighted by Crippen LogP contribution is -2.43. The van der Waals surface area contributed by atoms with Crippen molar-refractivity contribution in [1.29, 1.82) is 0 Å². The number of nitrogens with zero attached hydrogens (tertiary/aromatic N) is 20. The number of H-pyrrole nitrogens is 4. The molecule has 8 fully saturated rings. The monoisotopic (exact) mass is 1940 g/mol. The molecule has 5 aromatic carbocycles. The Morgan fingerprint density at radius 2 is 0.559 bits per heavy atom. The second kappa shape index (κ2) is 45.7. The Morgan fingerprint density at radius 3 is 0.876 bits per heavy atom. The molecule has 0 atom stereocenters. The smallest absolute Gasteiger partial charge is 0.276 e. The number of hydrogen-bond donors (Lipinski definition) is 8. The number of aromatic amines is 4. The molecule has 0 saturated carbocycles. The van der Waals surface area contributed by atoms with Crippen molar-refractivity contribution in [1.82, 2.24) is 105 Å². The van der Waals surface area contributed by atoms with Gasteiger partial charge in [-0.1, -0.05) is 36.4 Å². The van der Waals surface area contributed by atoms with E-state index in [9.17, 15) is 19.2 Å². The van der Waals surface area contributed by atoms with Crippen LogP contribution in [0.1, 0.15) is 153 Å². The highest BCUT2D eigenvalue weighted by Crippen LogP contribution is 2.35. The summed E-state index contributed by atoms with van der Waals surface area (Å²) in [5.41, 5.74) is 21.8. The average molecular weight is 1940 g/mol. The van der Waals surface area contributed by atoms with Crippen LogP contribution in [-0.2, 0) is 37.5 Å². The van der Waals surface area contributed by atoms with Gasteiger partial charge in [-0.25, -0.2) is 15.0 Å². The van der Waals surface area contributed by atoms with Crippen molar-refractivity contribution in [2.45, 2.75) is 116 Å². The minimum absolute atomic E-state index is 0.217. The van der Waals surface area contributed by atoms with E-state index in [2.05, 4.69) is 191 Å². The number of anilines is 7. The number of nitrogens with one attached hydrogen (secondary N) is 8. The van der Waals surface area contributed by atoms with Gasteiger partial charge in [0.05, 0.1) is 70.9 Å². The molecule has 742 valence electrons. The number of piperazine rings is 1. The third-order valence-electron chi connectivity index (χ3n) is 28.7. The highest BCUT2D eigenvalue weighted by molar-refractivity contribution is 6.15. The first-order valence-electron chi connectivity index (χ1n) is 51.3. The maximum Gasteiger partial charge on any atom is 0.276 e. The van der Waals surface area contributed by atoms with Crippen molar-refractivity contribution in [3.8, 4) is 44.5 Å². The zero-order valence-electron chi connectivity index (χ0n) is 82.2. The number of likely N-dealkylation sites (tertiary alicyclic amines) is 4. The van der Waals surface area contributed by atoms with E-state index < -0.39 is 0 Å². The van der Waals surface area contributed by atoms with Crippen LogP contribution in [-0.4, -0.2) is 267 Å². The molecule has 11 aromatic heterocycles. The molecule has 0 aliphatic carbocycles. The van der Waals surface area contributed by atoms with E-state index in [1.54, 1.807) is 18.6 Å². The van der Waals surface area contributed by atoms with E-state index in [1.165, 1.54) is 111 Å². The molecule has 33 heteroatoms. The highest BCUT2D eigenvalue weighted by Gasteiger charge is 2.27. The van der Waals surface area contributed by atoms with Crippen LogP contribution in [0.15, 0.2) is 226 Å². The minimum atomic E-state index is -0.278. The number of ether oxygens (including phenoxy) is 1.